The van der Waals surface area contributed by atoms with Gasteiger partial charge in [-0.1, -0.05) is 53.7 Å². The third-order valence-corrected chi connectivity index (χ3v) is 3.02. The smallest absolute Gasteiger partial charge is 0.120 e. The Hall–Kier alpha value is -2.71. The Morgan fingerprint density at radius 1 is 1.19 bits per heavy atom. The SMILES string of the molecule is C=C(C)c1cc(CN=[N+]=[N-])cc(OCc2ccccc2)c1. The zero-order chi connectivity index (χ0) is 15.1. The topological polar surface area (TPSA) is 58.0 Å². The van der Waals surface area contributed by atoms with E-state index in [1.54, 1.807) is 0 Å². The summed E-state index contributed by atoms with van der Waals surface area (Å²) in [4.78, 5) is 2.79. The van der Waals surface area contributed by atoms with E-state index in [2.05, 4.69) is 16.6 Å². The van der Waals surface area contributed by atoms with E-state index < -0.39 is 0 Å². The van der Waals surface area contributed by atoms with Crippen molar-refractivity contribution in [3.8, 4) is 5.75 Å². The molecule has 0 heterocycles. The summed E-state index contributed by atoms with van der Waals surface area (Å²) in [5.41, 5.74) is 12.4. The molecule has 21 heavy (non-hydrogen) atoms. The lowest BCUT2D eigenvalue weighted by molar-refractivity contribution is 0.306. The van der Waals surface area contributed by atoms with Crippen LogP contribution < -0.4 is 4.74 Å². The van der Waals surface area contributed by atoms with Gasteiger partial charge in [-0.3, -0.25) is 0 Å². The molecule has 2 rings (SSSR count). The van der Waals surface area contributed by atoms with Crippen molar-refractivity contribution in [1.29, 1.82) is 0 Å². The van der Waals surface area contributed by atoms with Gasteiger partial charge < -0.3 is 4.74 Å². The van der Waals surface area contributed by atoms with Gasteiger partial charge in [0.05, 0.1) is 6.54 Å². The van der Waals surface area contributed by atoms with E-state index in [0.717, 1.165) is 28.0 Å². The van der Waals surface area contributed by atoms with E-state index in [1.165, 1.54) is 0 Å². The van der Waals surface area contributed by atoms with Gasteiger partial charge in [0.25, 0.3) is 0 Å². The average Bonchev–Trinajstić information content (AvgIpc) is 2.51. The fraction of sp³-hybridized carbons (Fsp3) is 0.176. The summed E-state index contributed by atoms with van der Waals surface area (Å²) in [5.74, 6) is 0.752. The number of rotatable bonds is 6. The van der Waals surface area contributed by atoms with Crippen molar-refractivity contribution in [2.45, 2.75) is 20.1 Å². The molecule has 0 saturated heterocycles. The van der Waals surface area contributed by atoms with Gasteiger partial charge >= 0.3 is 0 Å². The second-order valence-corrected chi connectivity index (χ2v) is 4.81. The molecular formula is C17H17N3O. The number of hydrogen-bond donors (Lipinski definition) is 0. The highest BCUT2D eigenvalue weighted by molar-refractivity contribution is 5.63. The zero-order valence-electron chi connectivity index (χ0n) is 12.0. The maximum absolute atomic E-state index is 8.44. The van der Waals surface area contributed by atoms with Crippen molar-refractivity contribution in [1.82, 2.24) is 0 Å². The van der Waals surface area contributed by atoms with Crippen molar-refractivity contribution < 1.29 is 4.74 Å². The average molecular weight is 279 g/mol. The van der Waals surface area contributed by atoms with Crippen molar-refractivity contribution in [2.24, 2.45) is 5.11 Å². The molecule has 0 fully saturated rings. The highest BCUT2D eigenvalue weighted by atomic mass is 16.5. The van der Waals surface area contributed by atoms with Crippen molar-refractivity contribution >= 4 is 5.57 Å². The Kier molecular flexibility index (Phi) is 5.02. The predicted octanol–water partition coefficient (Wildman–Crippen LogP) is 5.11. The fourth-order valence-electron chi connectivity index (χ4n) is 1.94. The molecule has 0 spiro atoms. The van der Waals surface area contributed by atoms with Gasteiger partial charge in [0.2, 0.25) is 0 Å². The van der Waals surface area contributed by atoms with Gasteiger partial charge in [-0.25, -0.2) is 0 Å². The maximum Gasteiger partial charge on any atom is 0.120 e. The van der Waals surface area contributed by atoms with Crippen LogP contribution >= 0.6 is 0 Å². The third-order valence-electron chi connectivity index (χ3n) is 3.02. The number of ether oxygens (including phenoxy) is 1. The number of azide groups is 1. The molecule has 0 unspecified atom stereocenters. The molecule has 2 aromatic carbocycles. The van der Waals surface area contributed by atoms with Crippen LogP contribution in [-0.2, 0) is 13.2 Å². The molecule has 0 atom stereocenters. The Bertz CT molecular complexity index is 674. The normalized spacial score (nSPS) is 9.76. The second kappa shape index (κ2) is 7.17. The molecule has 4 nitrogen and oxygen atoms in total. The summed E-state index contributed by atoms with van der Waals surface area (Å²) in [6, 6.07) is 15.8. The van der Waals surface area contributed by atoms with E-state index in [1.807, 2.05) is 55.5 Å². The van der Waals surface area contributed by atoms with Gasteiger partial charge in [-0.15, -0.1) is 0 Å². The van der Waals surface area contributed by atoms with Crippen molar-refractivity contribution in [2.75, 3.05) is 0 Å². The first-order valence-electron chi connectivity index (χ1n) is 6.66. The van der Waals surface area contributed by atoms with Crippen LogP contribution in [0.25, 0.3) is 16.0 Å². The van der Waals surface area contributed by atoms with Crippen molar-refractivity contribution in [3.05, 3.63) is 82.2 Å². The molecule has 106 valence electrons. The molecule has 2 aromatic rings. The van der Waals surface area contributed by atoms with Gasteiger partial charge in [-0.2, -0.15) is 0 Å². The molecule has 0 N–H and O–H groups in total. The van der Waals surface area contributed by atoms with Crippen molar-refractivity contribution in [3.63, 3.8) is 0 Å². The quantitative estimate of drug-likeness (QED) is 0.412. The molecule has 0 saturated carbocycles. The van der Waals surface area contributed by atoms with Crippen LogP contribution in [0.2, 0.25) is 0 Å². The summed E-state index contributed by atoms with van der Waals surface area (Å²) in [7, 11) is 0. The highest BCUT2D eigenvalue weighted by Crippen LogP contribution is 2.23. The molecule has 0 radical (unpaired) electrons. The van der Waals surface area contributed by atoms with Crippen LogP contribution in [0, 0.1) is 0 Å². The summed E-state index contributed by atoms with van der Waals surface area (Å²) in [6.45, 7) is 6.69. The van der Waals surface area contributed by atoms with Gasteiger partial charge in [-0.05, 0) is 41.3 Å². The Balaban J connectivity index is 2.19. The maximum atomic E-state index is 8.44. The van der Waals surface area contributed by atoms with Crippen LogP contribution in [-0.4, -0.2) is 0 Å². The molecule has 0 aliphatic carbocycles. The Labute approximate surface area is 124 Å². The molecular weight excluding hydrogens is 262 g/mol. The zero-order valence-corrected chi connectivity index (χ0v) is 12.0. The van der Waals surface area contributed by atoms with E-state index in [9.17, 15) is 0 Å². The first kappa shape index (κ1) is 14.7. The van der Waals surface area contributed by atoms with Crippen LogP contribution in [0.4, 0.5) is 0 Å². The van der Waals surface area contributed by atoms with E-state index in [-0.39, 0.29) is 0 Å². The van der Waals surface area contributed by atoms with Gasteiger partial charge in [0.15, 0.2) is 0 Å². The van der Waals surface area contributed by atoms with E-state index in [4.69, 9.17) is 10.3 Å². The Morgan fingerprint density at radius 2 is 1.95 bits per heavy atom. The summed E-state index contributed by atoms with van der Waals surface area (Å²) in [6.07, 6.45) is 0. The summed E-state index contributed by atoms with van der Waals surface area (Å²) in [5, 5.41) is 3.60. The standard InChI is InChI=1S/C17H17N3O/c1-13(2)16-8-15(11-19-20-18)9-17(10-16)21-12-14-6-4-3-5-7-14/h3-10H,1,11-12H2,2H3. The lowest BCUT2D eigenvalue weighted by atomic mass is 10.1. The highest BCUT2D eigenvalue weighted by Gasteiger charge is 2.03. The van der Waals surface area contributed by atoms with Crippen LogP contribution in [0.5, 0.6) is 5.75 Å². The molecule has 0 aliphatic heterocycles. The molecule has 4 heteroatoms. The predicted molar refractivity (Wildman–Crippen MR) is 84.8 cm³/mol. The number of hydrogen-bond acceptors (Lipinski definition) is 2. The van der Waals surface area contributed by atoms with Crippen LogP contribution in [0.15, 0.2) is 60.2 Å². The first-order valence-corrected chi connectivity index (χ1v) is 6.66. The largest absolute Gasteiger partial charge is 0.489 e. The monoisotopic (exact) mass is 279 g/mol. The molecule has 0 amide bonds. The minimum absolute atomic E-state index is 0.305. The fourth-order valence-corrected chi connectivity index (χ4v) is 1.94. The van der Waals surface area contributed by atoms with E-state index >= 15 is 0 Å². The minimum Gasteiger partial charge on any atom is -0.489 e. The molecule has 0 bridgehead atoms. The van der Waals surface area contributed by atoms with E-state index in [0.29, 0.717) is 13.2 Å². The molecule has 0 aliphatic rings. The van der Waals surface area contributed by atoms with Gasteiger partial charge in [0, 0.05) is 4.91 Å². The third kappa shape index (κ3) is 4.41. The lowest BCUT2D eigenvalue weighted by Gasteiger charge is -2.10. The van der Waals surface area contributed by atoms with Crippen LogP contribution in [0.1, 0.15) is 23.6 Å². The second-order valence-electron chi connectivity index (χ2n) is 4.81. The number of nitrogens with zero attached hydrogens (tertiary/aromatic N) is 3. The summed E-state index contributed by atoms with van der Waals surface area (Å²) >= 11 is 0. The lowest BCUT2D eigenvalue weighted by Crippen LogP contribution is -1.97. The first-order chi connectivity index (χ1) is 10.2. The molecule has 0 aromatic heterocycles. The van der Waals surface area contributed by atoms with Crippen LogP contribution in [0.3, 0.4) is 0 Å². The number of benzene rings is 2. The minimum atomic E-state index is 0.305. The number of allylic oxidation sites excluding steroid dienone is 1. The van der Waals surface area contributed by atoms with Gasteiger partial charge in [0.1, 0.15) is 12.4 Å². The summed E-state index contributed by atoms with van der Waals surface area (Å²) < 4.78 is 5.83. The Morgan fingerprint density at radius 3 is 2.62 bits per heavy atom.